The molecule has 2 radical (unpaired) electrons. The van der Waals surface area contributed by atoms with Crippen LogP contribution in [-0.4, -0.2) is 40.6 Å². The molecule has 0 bridgehead atoms. The number of carbonyl (C=O) groups excluding carboxylic acids is 1. The van der Waals surface area contributed by atoms with Crippen LogP contribution in [0.5, 0.6) is 0 Å². The Labute approximate surface area is 88.7 Å². The van der Waals surface area contributed by atoms with E-state index >= 15 is 0 Å². The molecule has 0 N–H and O–H groups in total. The molecule has 0 rings (SSSR count). The SMILES string of the molecule is CC(=O)[O-].[Ni+2].[O-]B([O-])[O-].[Pb+2]. The molecule has 58 valence electrons. The monoisotopic (exact) mass is 384 g/mol. The summed E-state index contributed by atoms with van der Waals surface area (Å²) >= 11 is 0. The molecule has 0 aliphatic heterocycles. The average molecular weight is 384 g/mol. The summed E-state index contributed by atoms with van der Waals surface area (Å²) in [5.41, 5.74) is 0. The molecule has 10 heavy (non-hydrogen) atoms. The van der Waals surface area contributed by atoms with Gasteiger partial charge in [0.05, 0.1) is 0 Å². The summed E-state index contributed by atoms with van der Waals surface area (Å²) < 4.78 is 0. The third kappa shape index (κ3) is 785. The van der Waals surface area contributed by atoms with Crippen LogP contribution < -0.4 is 20.2 Å². The van der Waals surface area contributed by atoms with Crippen LogP contribution in [0.25, 0.3) is 0 Å². The molecule has 0 aromatic carbocycles. The fourth-order valence-electron chi connectivity index (χ4n) is 0. The van der Waals surface area contributed by atoms with Crippen molar-refractivity contribution in [2.75, 3.05) is 0 Å². The zero-order chi connectivity index (χ0) is 7.15. The van der Waals surface area contributed by atoms with Gasteiger partial charge in [0.1, 0.15) is 0 Å². The van der Waals surface area contributed by atoms with E-state index in [0.29, 0.717) is 0 Å². The van der Waals surface area contributed by atoms with Crippen molar-refractivity contribution >= 4 is 40.6 Å². The molecule has 0 spiro atoms. The number of carboxylic acid groups (broad SMARTS) is 1. The maximum absolute atomic E-state index is 8.89. The Morgan fingerprint density at radius 2 is 1.30 bits per heavy atom. The number of aliphatic carboxylic acids is 1. The Hall–Kier alpha value is 0.831. The fourth-order valence-corrected chi connectivity index (χ4v) is 0. The molecule has 0 atom stereocenters. The normalized spacial score (nSPS) is 5.20. The minimum Gasteiger partial charge on any atom is -0.907 e. The molecule has 0 aromatic rings. The van der Waals surface area contributed by atoms with E-state index in [2.05, 4.69) is 0 Å². The van der Waals surface area contributed by atoms with Gasteiger partial charge in [-0.1, -0.05) is 0 Å². The van der Waals surface area contributed by atoms with Gasteiger partial charge < -0.3 is 25.0 Å². The van der Waals surface area contributed by atoms with Crippen LogP contribution in [0.4, 0.5) is 0 Å². The van der Waals surface area contributed by atoms with Crippen LogP contribution >= 0.6 is 0 Å². The average Bonchev–Trinajstić information content (AvgIpc) is 1.25. The first-order valence-corrected chi connectivity index (χ1v) is 1.62. The van der Waals surface area contributed by atoms with Crippen molar-refractivity contribution in [3.63, 3.8) is 0 Å². The van der Waals surface area contributed by atoms with Gasteiger partial charge in [0.25, 0.3) is 0 Å². The number of carboxylic acids is 1. The summed E-state index contributed by atoms with van der Waals surface area (Å²) in [6.45, 7) is 0.972. The van der Waals surface area contributed by atoms with E-state index in [9.17, 15) is 0 Å². The zero-order valence-electron chi connectivity index (χ0n) is 4.93. The molecule has 0 saturated heterocycles. The van der Waals surface area contributed by atoms with Crippen molar-refractivity contribution in [2.24, 2.45) is 0 Å². The molecule has 0 unspecified atom stereocenters. The topological polar surface area (TPSA) is 109 Å². The molecule has 0 saturated carbocycles. The van der Waals surface area contributed by atoms with Crippen molar-refractivity contribution in [3.8, 4) is 0 Å². The van der Waals surface area contributed by atoms with Crippen molar-refractivity contribution in [1.29, 1.82) is 0 Å². The molecule has 0 amide bonds. The van der Waals surface area contributed by atoms with Gasteiger partial charge in [-0.25, -0.2) is 0 Å². The number of rotatable bonds is 0. The van der Waals surface area contributed by atoms with Gasteiger partial charge in [-0.15, -0.1) is 0 Å². The summed E-state index contributed by atoms with van der Waals surface area (Å²) in [6.07, 6.45) is 0. The first-order valence-electron chi connectivity index (χ1n) is 1.62. The summed E-state index contributed by atoms with van der Waals surface area (Å²) in [5.74, 6) is -1.08. The minimum atomic E-state index is -2.92. The number of carbonyl (C=O) groups is 1. The third-order valence-corrected chi connectivity index (χ3v) is 0. The fraction of sp³-hybridized carbons (Fsp3) is 0.500. The maximum atomic E-state index is 8.89. The number of hydrogen-bond donors (Lipinski definition) is 0. The largest absolute Gasteiger partial charge is 2.00 e. The van der Waals surface area contributed by atoms with Crippen molar-refractivity contribution in [3.05, 3.63) is 0 Å². The predicted molar refractivity (Wildman–Crippen MR) is 22.2 cm³/mol. The van der Waals surface area contributed by atoms with Gasteiger partial charge >= 0.3 is 43.8 Å². The Morgan fingerprint density at radius 1 is 1.30 bits per heavy atom. The summed E-state index contributed by atoms with van der Waals surface area (Å²) in [4.78, 5) is 8.89. The first-order chi connectivity index (χ1) is 3.46. The summed E-state index contributed by atoms with van der Waals surface area (Å²) in [5, 5.41) is 34.1. The summed E-state index contributed by atoms with van der Waals surface area (Å²) in [7, 11) is -2.92. The van der Waals surface area contributed by atoms with Gasteiger partial charge in [-0.3, -0.25) is 7.32 Å². The molecular formula is C2H3BNiO5Pb. The molecule has 0 aliphatic carbocycles. The van der Waals surface area contributed by atoms with Crippen LogP contribution in [-0.2, 0) is 21.3 Å². The third-order valence-electron chi connectivity index (χ3n) is 0. The molecule has 5 nitrogen and oxygen atoms in total. The maximum Gasteiger partial charge on any atom is 2.00 e. The van der Waals surface area contributed by atoms with Crippen LogP contribution in [0.2, 0.25) is 0 Å². The van der Waals surface area contributed by atoms with E-state index in [-0.39, 0.29) is 43.8 Å². The van der Waals surface area contributed by atoms with E-state index < -0.39 is 13.3 Å². The molecule has 0 aromatic heterocycles. The number of hydrogen-bond acceptors (Lipinski definition) is 5. The van der Waals surface area contributed by atoms with Crippen LogP contribution in [0.15, 0.2) is 0 Å². The van der Waals surface area contributed by atoms with Crippen LogP contribution in [0.3, 0.4) is 0 Å². The van der Waals surface area contributed by atoms with E-state index in [0.717, 1.165) is 6.92 Å². The van der Waals surface area contributed by atoms with Gasteiger partial charge in [0.15, 0.2) is 0 Å². The second-order valence-electron chi connectivity index (χ2n) is 0.780. The van der Waals surface area contributed by atoms with E-state index in [1.165, 1.54) is 0 Å². The summed E-state index contributed by atoms with van der Waals surface area (Å²) in [6, 6.07) is 0. The van der Waals surface area contributed by atoms with Crippen molar-refractivity contribution in [2.45, 2.75) is 6.92 Å². The Kier molecular flexibility index (Phi) is 36.9. The first kappa shape index (κ1) is 22.4. The van der Waals surface area contributed by atoms with Crippen molar-refractivity contribution < 1.29 is 41.5 Å². The van der Waals surface area contributed by atoms with E-state index in [1.807, 2.05) is 0 Å². The smallest absolute Gasteiger partial charge is 0.907 e. The standard InChI is InChI=1S/C2H4O2.BO3.Ni.Pb/c1-2(3)4;2-1(3)4;;/h1H3,(H,3,4);;;/q;-3;2*+2/p-1. The van der Waals surface area contributed by atoms with E-state index in [1.54, 1.807) is 0 Å². The van der Waals surface area contributed by atoms with Gasteiger partial charge in [0.2, 0.25) is 0 Å². The minimum absolute atomic E-state index is 0. The van der Waals surface area contributed by atoms with E-state index in [4.69, 9.17) is 25.0 Å². The predicted octanol–water partition coefficient (Wildman–Crippen LogP) is -5.57. The molecule has 0 heterocycles. The second-order valence-corrected chi connectivity index (χ2v) is 0.780. The van der Waals surface area contributed by atoms with Gasteiger partial charge in [0, 0.05) is 5.97 Å². The quantitative estimate of drug-likeness (QED) is 0.387. The van der Waals surface area contributed by atoms with Crippen molar-refractivity contribution in [1.82, 2.24) is 0 Å². The molecule has 0 fully saturated rings. The molecule has 0 aliphatic rings. The zero-order valence-corrected chi connectivity index (χ0v) is 9.81. The Balaban J connectivity index is -0.0000000300. The molecule has 8 heteroatoms. The Morgan fingerprint density at radius 3 is 1.30 bits per heavy atom. The Bertz CT molecular complexity index is 63.9. The van der Waals surface area contributed by atoms with Gasteiger partial charge in [-0.2, -0.15) is 0 Å². The second kappa shape index (κ2) is 16.4. The van der Waals surface area contributed by atoms with Crippen LogP contribution in [0.1, 0.15) is 6.92 Å². The van der Waals surface area contributed by atoms with Gasteiger partial charge in [-0.05, 0) is 6.92 Å². The molecular weight excluding hydrogens is 381 g/mol. The van der Waals surface area contributed by atoms with Crippen LogP contribution in [0, 0.1) is 0 Å².